The molecular weight excluding hydrogens is 569 g/mol. The summed E-state index contributed by atoms with van der Waals surface area (Å²) in [5, 5.41) is 6.41. The third-order valence-electron chi connectivity index (χ3n) is 7.45. The standard InChI is InChI=1S/C34H35F3N4OS/c1-33(2,3)26-13-11-23(12-14-26)20-41(16-15-25-19-38-29-10-5-4-9-28(25)29)21-31-40-30(22-43-31)32(42)39-18-24-7-6-8-27(17-24)34(35,36)37/h4-14,17,19,22,38H,15-16,18,20-21H2,1-3H3,(H,39,42). The highest BCUT2D eigenvalue weighted by atomic mass is 32.1. The van der Waals surface area contributed by atoms with E-state index in [0.29, 0.717) is 12.1 Å². The third kappa shape index (κ3) is 7.91. The Bertz CT molecular complexity index is 1680. The van der Waals surface area contributed by atoms with Crippen LogP contribution in [0.3, 0.4) is 0 Å². The van der Waals surface area contributed by atoms with Gasteiger partial charge in [-0.3, -0.25) is 9.69 Å². The summed E-state index contributed by atoms with van der Waals surface area (Å²) >= 11 is 1.41. The van der Waals surface area contributed by atoms with Crippen LogP contribution >= 0.6 is 11.3 Å². The molecule has 2 heterocycles. The number of carbonyl (C=O) groups is 1. The van der Waals surface area contributed by atoms with E-state index in [1.807, 2.05) is 12.1 Å². The fourth-order valence-electron chi connectivity index (χ4n) is 5.01. The largest absolute Gasteiger partial charge is 0.416 e. The summed E-state index contributed by atoms with van der Waals surface area (Å²) in [6.07, 6.45) is -1.52. The summed E-state index contributed by atoms with van der Waals surface area (Å²) in [6, 6.07) is 21.9. The molecular formula is C34H35F3N4OS. The quantitative estimate of drug-likeness (QED) is 0.169. The molecule has 9 heteroatoms. The Morgan fingerprint density at radius 2 is 1.70 bits per heavy atom. The summed E-state index contributed by atoms with van der Waals surface area (Å²) in [4.78, 5) is 23.1. The maximum Gasteiger partial charge on any atom is 0.416 e. The van der Waals surface area contributed by atoms with E-state index in [-0.39, 0.29) is 17.7 Å². The second-order valence-corrected chi connectivity index (χ2v) is 12.7. The number of benzene rings is 3. The van der Waals surface area contributed by atoms with Gasteiger partial charge in [0.1, 0.15) is 10.7 Å². The first-order valence-corrected chi connectivity index (χ1v) is 15.1. The molecule has 5 nitrogen and oxygen atoms in total. The van der Waals surface area contributed by atoms with Gasteiger partial charge in [0.2, 0.25) is 0 Å². The van der Waals surface area contributed by atoms with Crippen molar-refractivity contribution in [2.24, 2.45) is 0 Å². The van der Waals surface area contributed by atoms with Crippen molar-refractivity contribution in [2.75, 3.05) is 6.54 Å². The van der Waals surface area contributed by atoms with Crippen LogP contribution in [0.15, 0.2) is 84.4 Å². The van der Waals surface area contributed by atoms with E-state index in [1.165, 1.54) is 39.5 Å². The second-order valence-electron chi connectivity index (χ2n) is 11.8. The van der Waals surface area contributed by atoms with Gasteiger partial charge in [-0.15, -0.1) is 11.3 Å². The first kappa shape index (κ1) is 30.5. The molecule has 0 saturated carbocycles. The Hall–Kier alpha value is -3.95. The molecule has 1 amide bonds. The number of rotatable bonds is 10. The summed E-state index contributed by atoms with van der Waals surface area (Å²) in [7, 11) is 0. The van der Waals surface area contributed by atoms with Gasteiger partial charge in [-0.1, -0.05) is 75.4 Å². The Balaban J connectivity index is 1.27. The molecule has 0 aliphatic rings. The minimum atomic E-state index is -4.43. The smallest absolute Gasteiger partial charge is 0.361 e. The van der Waals surface area contributed by atoms with Crippen LogP contribution in [-0.2, 0) is 37.6 Å². The molecule has 0 bridgehead atoms. The molecule has 3 aromatic carbocycles. The predicted molar refractivity (Wildman–Crippen MR) is 166 cm³/mol. The minimum Gasteiger partial charge on any atom is -0.361 e. The highest BCUT2D eigenvalue weighted by molar-refractivity contribution is 7.09. The van der Waals surface area contributed by atoms with E-state index in [4.69, 9.17) is 0 Å². The Morgan fingerprint density at radius 1 is 0.930 bits per heavy atom. The molecule has 5 rings (SSSR count). The first-order valence-electron chi connectivity index (χ1n) is 14.2. The van der Waals surface area contributed by atoms with Gasteiger partial charge in [0.25, 0.3) is 5.91 Å². The third-order valence-corrected chi connectivity index (χ3v) is 8.28. The van der Waals surface area contributed by atoms with E-state index in [9.17, 15) is 18.0 Å². The number of aromatic nitrogens is 2. The molecule has 0 radical (unpaired) electrons. The number of para-hydroxylation sites is 1. The van der Waals surface area contributed by atoms with E-state index < -0.39 is 17.6 Å². The number of carbonyl (C=O) groups excluding carboxylic acids is 1. The highest BCUT2D eigenvalue weighted by Gasteiger charge is 2.30. The van der Waals surface area contributed by atoms with Gasteiger partial charge in [0.15, 0.2) is 0 Å². The number of nitrogens with one attached hydrogen (secondary N) is 2. The van der Waals surface area contributed by atoms with E-state index >= 15 is 0 Å². The molecule has 0 atom stereocenters. The fraction of sp³-hybridized carbons (Fsp3) is 0.294. The van der Waals surface area contributed by atoms with Crippen LogP contribution in [-0.4, -0.2) is 27.3 Å². The van der Waals surface area contributed by atoms with Crippen molar-refractivity contribution in [2.45, 2.75) is 58.4 Å². The minimum absolute atomic E-state index is 0.0169. The summed E-state index contributed by atoms with van der Waals surface area (Å²) in [6.45, 7) is 8.66. The molecule has 0 spiro atoms. The van der Waals surface area contributed by atoms with Gasteiger partial charge in [-0.05, 0) is 52.3 Å². The van der Waals surface area contributed by atoms with Crippen LogP contribution in [0.1, 0.15) is 64.1 Å². The van der Waals surface area contributed by atoms with Crippen LogP contribution < -0.4 is 5.32 Å². The van der Waals surface area contributed by atoms with Crippen molar-refractivity contribution in [3.05, 3.63) is 123 Å². The number of fused-ring (bicyclic) bond motifs is 1. The van der Waals surface area contributed by atoms with E-state index in [0.717, 1.165) is 42.2 Å². The van der Waals surface area contributed by atoms with Crippen molar-refractivity contribution in [3.8, 4) is 0 Å². The SMILES string of the molecule is CC(C)(C)c1ccc(CN(CCc2c[nH]c3ccccc23)Cc2nc(C(=O)NCc3cccc(C(F)(F)F)c3)cs2)cc1. The Labute approximate surface area is 253 Å². The van der Waals surface area contributed by atoms with Crippen molar-refractivity contribution < 1.29 is 18.0 Å². The predicted octanol–water partition coefficient (Wildman–Crippen LogP) is 8.12. The van der Waals surface area contributed by atoms with Gasteiger partial charge in [0.05, 0.1) is 12.1 Å². The molecule has 0 fully saturated rings. The number of alkyl halides is 3. The van der Waals surface area contributed by atoms with Gasteiger partial charge in [-0.25, -0.2) is 4.98 Å². The molecule has 224 valence electrons. The van der Waals surface area contributed by atoms with Gasteiger partial charge in [0, 0.05) is 42.1 Å². The number of halogens is 3. The van der Waals surface area contributed by atoms with Gasteiger partial charge >= 0.3 is 6.18 Å². The first-order chi connectivity index (χ1) is 20.5. The maximum atomic E-state index is 13.0. The van der Waals surface area contributed by atoms with Gasteiger partial charge in [-0.2, -0.15) is 13.2 Å². The molecule has 0 unspecified atom stereocenters. The normalized spacial score (nSPS) is 12.3. The maximum absolute atomic E-state index is 13.0. The lowest BCUT2D eigenvalue weighted by Crippen LogP contribution is -2.26. The van der Waals surface area contributed by atoms with Crippen LogP contribution in [0.25, 0.3) is 10.9 Å². The van der Waals surface area contributed by atoms with Crippen molar-refractivity contribution >= 4 is 28.1 Å². The van der Waals surface area contributed by atoms with Crippen molar-refractivity contribution in [1.82, 2.24) is 20.2 Å². The Kier molecular flexibility index (Phi) is 9.03. The molecule has 0 saturated heterocycles. The van der Waals surface area contributed by atoms with E-state index in [2.05, 4.69) is 83.6 Å². The number of thiazole rings is 1. The number of H-pyrrole nitrogens is 1. The lowest BCUT2D eigenvalue weighted by molar-refractivity contribution is -0.137. The molecule has 43 heavy (non-hydrogen) atoms. The highest BCUT2D eigenvalue weighted by Crippen LogP contribution is 2.29. The molecule has 5 aromatic rings. The van der Waals surface area contributed by atoms with Crippen LogP contribution in [0.4, 0.5) is 13.2 Å². The summed E-state index contributed by atoms with van der Waals surface area (Å²) in [5.74, 6) is -0.414. The molecule has 2 aromatic heterocycles. The fourth-order valence-corrected chi connectivity index (χ4v) is 5.82. The topological polar surface area (TPSA) is 61.0 Å². The van der Waals surface area contributed by atoms with Crippen LogP contribution in [0.5, 0.6) is 0 Å². The monoisotopic (exact) mass is 604 g/mol. The zero-order valence-electron chi connectivity index (χ0n) is 24.5. The number of aromatic amines is 1. The van der Waals surface area contributed by atoms with Crippen LogP contribution in [0, 0.1) is 0 Å². The number of hydrogen-bond donors (Lipinski definition) is 2. The van der Waals surface area contributed by atoms with Crippen molar-refractivity contribution in [3.63, 3.8) is 0 Å². The zero-order chi connectivity index (χ0) is 30.6. The average Bonchev–Trinajstić information content (AvgIpc) is 3.61. The average molecular weight is 605 g/mol. The lowest BCUT2D eigenvalue weighted by atomic mass is 9.87. The molecule has 0 aliphatic carbocycles. The van der Waals surface area contributed by atoms with Crippen LogP contribution in [0.2, 0.25) is 0 Å². The number of hydrogen-bond acceptors (Lipinski definition) is 4. The summed E-state index contributed by atoms with van der Waals surface area (Å²) in [5.41, 5.74) is 4.81. The molecule has 0 aliphatic heterocycles. The zero-order valence-corrected chi connectivity index (χ0v) is 25.3. The van der Waals surface area contributed by atoms with E-state index in [1.54, 1.807) is 11.4 Å². The Morgan fingerprint density at radius 3 is 2.44 bits per heavy atom. The lowest BCUT2D eigenvalue weighted by Gasteiger charge is -2.23. The summed E-state index contributed by atoms with van der Waals surface area (Å²) < 4.78 is 39.1. The van der Waals surface area contributed by atoms with Crippen molar-refractivity contribution in [1.29, 1.82) is 0 Å². The number of amides is 1. The molecule has 2 N–H and O–H groups in total. The number of nitrogens with zero attached hydrogens (tertiary/aromatic N) is 2. The second kappa shape index (κ2) is 12.7. The van der Waals surface area contributed by atoms with Gasteiger partial charge < -0.3 is 10.3 Å².